The van der Waals surface area contributed by atoms with Crippen molar-refractivity contribution in [3.8, 4) is 5.75 Å². The SMILES string of the molecule is CC(C)Oc1ccc(NC(=O)NCC[S@@](=O)C(C)(C)C)c(F)c1. The predicted molar refractivity (Wildman–Crippen MR) is 91.9 cm³/mol. The third-order valence-corrected chi connectivity index (χ3v) is 4.76. The Morgan fingerprint density at radius 2 is 2.00 bits per heavy atom. The number of hydrogen-bond acceptors (Lipinski definition) is 3. The Bertz CT molecular complexity index is 571. The second-order valence-corrected chi connectivity index (χ2v) is 8.68. The largest absolute Gasteiger partial charge is 0.491 e. The Kier molecular flexibility index (Phi) is 7.00. The summed E-state index contributed by atoms with van der Waals surface area (Å²) in [7, 11) is -1.05. The van der Waals surface area contributed by atoms with Crippen molar-refractivity contribution in [1.29, 1.82) is 0 Å². The summed E-state index contributed by atoms with van der Waals surface area (Å²) in [5, 5.41) is 4.99. The van der Waals surface area contributed by atoms with Crippen LogP contribution in [0.4, 0.5) is 14.9 Å². The zero-order valence-electron chi connectivity index (χ0n) is 14.2. The highest BCUT2D eigenvalue weighted by molar-refractivity contribution is 7.86. The topological polar surface area (TPSA) is 67.4 Å². The molecule has 7 heteroatoms. The minimum atomic E-state index is -1.05. The van der Waals surface area contributed by atoms with E-state index >= 15 is 0 Å². The van der Waals surface area contributed by atoms with Crippen molar-refractivity contribution in [1.82, 2.24) is 5.32 Å². The van der Waals surface area contributed by atoms with Crippen molar-refractivity contribution in [2.75, 3.05) is 17.6 Å². The van der Waals surface area contributed by atoms with Crippen molar-refractivity contribution in [3.05, 3.63) is 24.0 Å². The van der Waals surface area contributed by atoms with E-state index in [0.29, 0.717) is 11.5 Å². The molecule has 0 bridgehead atoms. The Morgan fingerprint density at radius 1 is 1.35 bits per heavy atom. The van der Waals surface area contributed by atoms with Gasteiger partial charge in [0.15, 0.2) is 0 Å². The van der Waals surface area contributed by atoms with Crippen LogP contribution in [0.3, 0.4) is 0 Å². The minimum absolute atomic E-state index is 0.0554. The summed E-state index contributed by atoms with van der Waals surface area (Å²) >= 11 is 0. The Labute approximate surface area is 139 Å². The molecule has 0 aliphatic carbocycles. The molecule has 0 unspecified atom stereocenters. The molecular weight excluding hydrogens is 319 g/mol. The van der Waals surface area contributed by atoms with Crippen molar-refractivity contribution < 1.29 is 18.1 Å². The van der Waals surface area contributed by atoms with Gasteiger partial charge in [0.05, 0.1) is 11.8 Å². The standard InChI is InChI=1S/C16H25FN2O3S/c1-11(2)22-12-6-7-14(13(17)10-12)19-15(20)18-8-9-23(21)16(3,4)5/h6-7,10-11H,8-9H2,1-5H3,(H2,18,19,20)/t23-/m1/s1. The molecule has 0 heterocycles. The molecule has 0 saturated carbocycles. The quantitative estimate of drug-likeness (QED) is 0.832. The lowest BCUT2D eigenvalue weighted by atomic mass is 10.3. The van der Waals surface area contributed by atoms with Crippen molar-refractivity contribution in [2.24, 2.45) is 0 Å². The zero-order valence-corrected chi connectivity index (χ0v) is 15.1. The number of halogens is 1. The summed E-state index contributed by atoms with van der Waals surface area (Å²) in [6.07, 6.45) is -0.0554. The summed E-state index contributed by atoms with van der Waals surface area (Å²) in [6.45, 7) is 9.57. The van der Waals surface area contributed by atoms with Gasteiger partial charge in [0.2, 0.25) is 0 Å². The van der Waals surface area contributed by atoms with E-state index in [0.717, 1.165) is 0 Å². The molecule has 0 saturated heterocycles. The van der Waals surface area contributed by atoms with E-state index in [9.17, 15) is 13.4 Å². The monoisotopic (exact) mass is 344 g/mol. The van der Waals surface area contributed by atoms with Crippen LogP contribution in [-0.4, -0.2) is 33.4 Å². The van der Waals surface area contributed by atoms with E-state index in [4.69, 9.17) is 4.74 Å². The maximum atomic E-state index is 13.9. The van der Waals surface area contributed by atoms with E-state index < -0.39 is 22.6 Å². The first kappa shape index (κ1) is 19.4. The van der Waals surface area contributed by atoms with Gasteiger partial charge in [0, 0.05) is 33.9 Å². The van der Waals surface area contributed by atoms with Gasteiger partial charge in [-0.05, 0) is 46.8 Å². The number of anilines is 1. The van der Waals surface area contributed by atoms with Gasteiger partial charge in [0.25, 0.3) is 0 Å². The lowest BCUT2D eigenvalue weighted by molar-refractivity contribution is 0.241. The van der Waals surface area contributed by atoms with Gasteiger partial charge < -0.3 is 15.4 Å². The average molecular weight is 344 g/mol. The molecule has 0 aliphatic heterocycles. The summed E-state index contributed by atoms with van der Waals surface area (Å²) in [4.78, 5) is 11.7. The highest BCUT2D eigenvalue weighted by atomic mass is 32.2. The van der Waals surface area contributed by atoms with Gasteiger partial charge in [-0.25, -0.2) is 9.18 Å². The first-order valence-corrected chi connectivity index (χ1v) is 8.81. The lowest BCUT2D eigenvalue weighted by Crippen LogP contribution is -2.35. The number of rotatable bonds is 6. The highest BCUT2D eigenvalue weighted by Crippen LogP contribution is 2.21. The normalized spacial score (nSPS) is 12.8. The molecule has 0 fully saturated rings. The second-order valence-electron chi connectivity index (χ2n) is 6.35. The van der Waals surface area contributed by atoms with Crippen molar-refractivity contribution >= 4 is 22.5 Å². The summed E-state index contributed by atoms with van der Waals surface area (Å²) < 4.78 is 30.8. The van der Waals surface area contributed by atoms with Crippen LogP contribution in [-0.2, 0) is 10.8 Å². The fourth-order valence-corrected chi connectivity index (χ4v) is 2.57. The van der Waals surface area contributed by atoms with E-state index in [-0.39, 0.29) is 23.1 Å². The number of carbonyl (C=O) groups excluding carboxylic acids is 1. The first-order chi connectivity index (χ1) is 10.6. The molecule has 2 N–H and O–H groups in total. The minimum Gasteiger partial charge on any atom is -0.491 e. The Morgan fingerprint density at radius 3 is 2.52 bits per heavy atom. The van der Waals surface area contributed by atoms with E-state index in [1.54, 1.807) is 6.07 Å². The molecule has 1 atom stereocenters. The highest BCUT2D eigenvalue weighted by Gasteiger charge is 2.19. The first-order valence-electron chi connectivity index (χ1n) is 7.49. The number of benzene rings is 1. The lowest BCUT2D eigenvalue weighted by Gasteiger charge is -2.17. The van der Waals surface area contributed by atoms with Gasteiger partial charge >= 0.3 is 6.03 Å². The smallest absolute Gasteiger partial charge is 0.319 e. The number of ether oxygens (including phenoxy) is 1. The van der Waals surface area contributed by atoms with Crippen LogP contribution in [0.25, 0.3) is 0 Å². The molecule has 23 heavy (non-hydrogen) atoms. The van der Waals surface area contributed by atoms with Crippen LogP contribution in [0.15, 0.2) is 18.2 Å². The number of urea groups is 1. The zero-order chi connectivity index (χ0) is 17.6. The molecule has 0 spiro atoms. The molecule has 2 amide bonds. The molecule has 130 valence electrons. The maximum absolute atomic E-state index is 13.9. The van der Waals surface area contributed by atoms with Crippen LogP contribution in [0.2, 0.25) is 0 Å². The third kappa shape index (κ3) is 6.99. The van der Waals surface area contributed by atoms with E-state index in [1.165, 1.54) is 12.1 Å². The summed E-state index contributed by atoms with van der Waals surface area (Å²) in [6, 6.07) is 3.73. The third-order valence-electron chi connectivity index (χ3n) is 2.82. The molecule has 5 nitrogen and oxygen atoms in total. The van der Waals surface area contributed by atoms with Gasteiger partial charge in [-0.15, -0.1) is 0 Å². The summed E-state index contributed by atoms with van der Waals surface area (Å²) in [5.41, 5.74) is 0.0653. The molecule has 1 aromatic carbocycles. The van der Waals surface area contributed by atoms with Gasteiger partial charge in [-0.1, -0.05) is 0 Å². The predicted octanol–water partition coefficient (Wildman–Crippen LogP) is 3.28. The van der Waals surface area contributed by atoms with Crippen LogP contribution >= 0.6 is 0 Å². The fourth-order valence-electron chi connectivity index (χ4n) is 1.67. The van der Waals surface area contributed by atoms with Crippen LogP contribution in [0.5, 0.6) is 5.75 Å². The maximum Gasteiger partial charge on any atom is 0.319 e. The molecule has 0 radical (unpaired) electrons. The van der Waals surface area contributed by atoms with Gasteiger partial charge in [-0.2, -0.15) is 0 Å². The molecule has 0 aliphatic rings. The Hall–Kier alpha value is -1.63. The number of amides is 2. The van der Waals surface area contributed by atoms with Gasteiger partial charge in [-0.3, -0.25) is 4.21 Å². The van der Waals surface area contributed by atoms with Crippen LogP contribution in [0, 0.1) is 5.82 Å². The average Bonchev–Trinajstić information content (AvgIpc) is 2.40. The molecule has 1 rings (SSSR count). The molecule has 1 aromatic rings. The Balaban J connectivity index is 2.50. The molecular formula is C16H25FN2O3S. The second kappa shape index (κ2) is 8.29. The number of carbonyl (C=O) groups is 1. The number of nitrogens with one attached hydrogen (secondary N) is 2. The van der Waals surface area contributed by atoms with Crippen molar-refractivity contribution in [3.63, 3.8) is 0 Å². The van der Waals surface area contributed by atoms with Crippen LogP contribution < -0.4 is 15.4 Å². The van der Waals surface area contributed by atoms with Gasteiger partial charge in [0.1, 0.15) is 11.6 Å². The summed E-state index contributed by atoms with van der Waals surface area (Å²) in [5.74, 6) is 0.182. The molecule has 0 aromatic heterocycles. The number of hydrogen-bond donors (Lipinski definition) is 2. The van der Waals surface area contributed by atoms with Crippen molar-refractivity contribution in [2.45, 2.75) is 45.5 Å². The fraction of sp³-hybridized carbons (Fsp3) is 0.562. The van der Waals surface area contributed by atoms with E-state index in [2.05, 4.69) is 10.6 Å². The van der Waals surface area contributed by atoms with Crippen LogP contribution in [0.1, 0.15) is 34.6 Å². The van der Waals surface area contributed by atoms with E-state index in [1.807, 2.05) is 34.6 Å².